The molecule has 0 amide bonds. The van der Waals surface area contributed by atoms with Crippen LogP contribution in [-0.2, 0) is 6.54 Å². The van der Waals surface area contributed by atoms with Crippen molar-refractivity contribution in [3.63, 3.8) is 0 Å². The van der Waals surface area contributed by atoms with E-state index < -0.39 is 0 Å². The van der Waals surface area contributed by atoms with Crippen molar-refractivity contribution in [2.45, 2.75) is 26.4 Å². The summed E-state index contributed by atoms with van der Waals surface area (Å²) in [5.41, 5.74) is 3.35. The lowest BCUT2D eigenvalue weighted by molar-refractivity contribution is 0.250. The number of nitrogens with zero attached hydrogens (tertiary/aromatic N) is 4. The monoisotopic (exact) mass is 364 g/mol. The van der Waals surface area contributed by atoms with E-state index in [-0.39, 0.29) is 11.6 Å². The van der Waals surface area contributed by atoms with Gasteiger partial charge in [-0.25, -0.2) is 9.97 Å². The minimum Gasteiger partial charge on any atom is -0.291 e. The second-order valence-electron chi connectivity index (χ2n) is 6.56. The second-order valence-corrected chi connectivity index (χ2v) is 7.62. The summed E-state index contributed by atoms with van der Waals surface area (Å²) in [6.45, 7) is 4.64. The van der Waals surface area contributed by atoms with E-state index in [0.717, 1.165) is 21.9 Å². The van der Waals surface area contributed by atoms with Gasteiger partial charge in [-0.1, -0.05) is 18.2 Å². The van der Waals surface area contributed by atoms with Crippen molar-refractivity contribution in [1.29, 1.82) is 0 Å². The molecule has 0 aliphatic rings. The predicted octanol–water partition coefficient (Wildman–Crippen LogP) is 3.81. The van der Waals surface area contributed by atoms with Crippen molar-refractivity contribution in [2.24, 2.45) is 0 Å². The van der Waals surface area contributed by atoms with Gasteiger partial charge in [0.05, 0.1) is 22.0 Å². The zero-order valence-electron chi connectivity index (χ0n) is 15.0. The molecule has 0 saturated heterocycles. The first-order chi connectivity index (χ1) is 12.5. The van der Waals surface area contributed by atoms with Gasteiger partial charge in [-0.3, -0.25) is 14.1 Å². The molecule has 3 aromatic heterocycles. The Labute approximate surface area is 155 Å². The van der Waals surface area contributed by atoms with Gasteiger partial charge in [0.2, 0.25) is 0 Å². The molecule has 4 aromatic rings. The summed E-state index contributed by atoms with van der Waals surface area (Å²) in [6.07, 6.45) is 0. The highest BCUT2D eigenvalue weighted by Gasteiger charge is 2.17. The topological polar surface area (TPSA) is 50.5 Å². The largest absolute Gasteiger partial charge is 0.291 e. The van der Waals surface area contributed by atoms with Gasteiger partial charge in [-0.05, 0) is 45.2 Å². The minimum atomic E-state index is -0.0378. The fourth-order valence-electron chi connectivity index (χ4n) is 3.09. The van der Waals surface area contributed by atoms with E-state index in [2.05, 4.69) is 22.9 Å². The molecule has 3 heterocycles. The van der Waals surface area contributed by atoms with Gasteiger partial charge in [-0.15, -0.1) is 11.3 Å². The van der Waals surface area contributed by atoms with Crippen LogP contribution in [-0.4, -0.2) is 26.3 Å². The van der Waals surface area contributed by atoms with Gasteiger partial charge in [-0.2, -0.15) is 0 Å². The van der Waals surface area contributed by atoms with Crippen LogP contribution in [0, 0.1) is 6.92 Å². The zero-order valence-corrected chi connectivity index (χ0v) is 15.8. The van der Waals surface area contributed by atoms with E-state index in [1.165, 1.54) is 4.70 Å². The molecular weight excluding hydrogens is 344 g/mol. The van der Waals surface area contributed by atoms with Crippen LogP contribution >= 0.6 is 11.3 Å². The van der Waals surface area contributed by atoms with E-state index in [1.807, 2.05) is 50.4 Å². The Hall–Kier alpha value is -2.57. The first-order valence-electron chi connectivity index (χ1n) is 8.57. The molecular formula is C20H20N4OS. The molecule has 1 atom stereocenters. The number of hydrogen-bond donors (Lipinski definition) is 0. The van der Waals surface area contributed by atoms with Crippen LogP contribution in [0.25, 0.3) is 15.9 Å². The van der Waals surface area contributed by atoms with Gasteiger partial charge in [0.25, 0.3) is 5.56 Å². The molecule has 0 bridgehead atoms. The second kappa shape index (κ2) is 6.63. The maximum absolute atomic E-state index is 12.5. The van der Waals surface area contributed by atoms with Gasteiger partial charge in [0, 0.05) is 18.3 Å². The summed E-state index contributed by atoms with van der Waals surface area (Å²) < 4.78 is 2.83. The smallest absolute Gasteiger partial charge is 0.258 e. The van der Waals surface area contributed by atoms with E-state index in [0.29, 0.717) is 12.2 Å². The molecule has 132 valence electrons. The Morgan fingerprint density at radius 2 is 1.96 bits per heavy atom. The first-order valence-corrected chi connectivity index (χ1v) is 9.38. The molecule has 0 fully saturated rings. The fraction of sp³-hybridized carbons (Fsp3) is 0.250. The van der Waals surface area contributed by atoms with Crippen molar-refractivity contribution in [1.82, 2.24) is 19.3 Å². The minimum absolute atomic E-state index is 0.0378. The molecule has 26 heavy (non-hydrogen) atoms. The average Bonchev–Trinajstić information content (AvgIpc) is 3.04. The lowest BCUT2D eigenvalue weighted by Crippen LogP contribution is -2.25. The number of fused-ring (bicyclic) bond motifs is 2. The Morgan fingerprint density at radius 3 is 2.77 bits per heavy atom. The molecule has 0 spiro atoms. The quantitative estimate of drug-likeness (QED) is 0.553. The number of benzene rings is 1. The lowest BCUT2D eigenvalue weighted by Gasteiger charge is -2.22. The van der Waals surface area contributed by atoms with Crippen molar-refractivity contribution in [3.05, 3.63) is 75.3 Å². The summed E-state index contributed by atoms with van der Waals surface area (Å²) in [7, 11) is 2.04. The number of rotatable bonds is 4. The van der Waals surface area contributed by atoms with Crippen LogP contribution in [0.5, 0.6) is 0 Å². The van der Waals surface area contributed by atoms with E-state index >= 15 is 0 Å². The third-order valence-corrected chi connectivity index (χ3v) is 5.88. The van der Waals surface area contributed by atoms with E-state index in [1.54, 1.807) is 21.8 Å². The van der Waals surface area contributed by atoms with E-state index in [4.69, 9.17) is 4.98 Å². The summed E-state index contributed by atoms with van der Waals surface area (Å²) in [6, 6.07) is 15.7. The zero-order chi connectivity index (χ0) is 18.3. The molecule has 4 rings (SSSR count). The summed E-state index contributed by atoms with van der Waals surface area (Å²) in [5.74, 6) is 0. The Bertz CT molecular complexity index is 1110. The predicted molar refractivity (Wildman–Crippen MR) is 106 cm³/mol. The van der Waals surface area contributed by atoms with Crippen LogP contribution in [0.1, 0.15) is 29.4 Å². The van der Waals surface area contributed by atoms with Gasteiger partial charge in [0.15, 0.2) is 0 Å². The molecule has 0 saturated carbocycles. The van der Waals surface area contributed by atoms with E-state index in [9.17, 15) is 4.79 Å². The van der Waals surface area contributed by atoms with Crippen LogP contribution in [0.2, 0.25) is 0 Å². The van der Waals surface area contributed by atoms with Crippen molar-refractivity contribution in [2.75, 3.05) is 7.05 Å². The highest BCUT2D eigenvalue weighted by Crippen LogP contribution is 2.29. The number of para-hydroxylation sites is 1. The Kier molecular flexibility index (Phi) is 4.30. The van der Waals surface area contributed by atoms with Crippen LogP contribution in [0.4, 0.5) is 0 Å². The number of thiazole rings is 1. The number of aryl methyl sites for hydroxylation is 1. The third kappa shape index (κ3) is 3.02. The number of pyridine rings is 1. The van der Waals surface area contributed by atoms with Crippen LogP contribution in [0.3, 0.4) is 0 Å². The van der Waals surface area contributed by atoms with Crippen LogP contribution in [0.15, 0.2) is 53.3 Å². The Morgan fingerprint density at radius 1 is 1.15 bits per heavy atom. The van der Waals surface area contributed by atoms with Gasteiger partial charge < -0.3 is 0 Å². The lowest BCUT2D eigenvalue weighted by atomic mass is 10.2. The standard InChI is InChI=1S/C20H20N4OS/c1-13-7-6-10-18-21-15(11-19(25)24(13)18)12-23(3)14(2)20-22-16-8-4-5-9-17(16)26-20/h4-11,14H,12H2,1-3H3/t14-/m1/s1. The first kappa shape index (κ1) is 16.9. The van der Waals surface area contributed by atoms with Gasteiger partial charge in [0.1, 0.15) is 10.7 Å². The molecule has 0 unspecified atom stereocenters. The molecule has 1 aromatic carbocycles. The highest BCUT2D eigenvalue weighted by atomic mass is 32.1. The summed E-state index contributed by atoms with van der Waals surface area (Å²) in [5, 5.41) is 1.07. The maximum Gasteiger partial charge on any atom is 0.258 e. The number of aromatic nitrogens is 3. The normalized spacial score (nSPS) is 12.9. The third-order valence-electron chi connectivity index (χ3n) is 4.67. The molecule has 5 nitrogen and oxygen atoms in total. The molecule has 0 N–H and O–H groups in total. The maximum atomic E-state index is 12.5. The highest BCUT2D eigenvalue weighted by molar-refractivity contribution is 7.18. The van der Waals surface area contributed by atoms with Crippen molar-refractivity contribution in [3.8, 4) is 0 Å². The Balaban J connectivity index is 1.62. The number of hydrogen-bond acceptors (Lipinski definition) is 5. The fourth-order valence-corrected chi connectivity index (χ4v) is 4.18. The molecule has 0 aliphatic carbocycles. The van der Waals surface area contributed by atoms with Crippen molar-refractivity contribution >= 4 is 27.2 Å². The summed E-state index contributed by atoms with van der Waals surface area (Å²) in [4.78, 5) is 24.0. The van der Waals surface area contributed by atoms with Crippen molar-refractivity contribution < 1.29 is 0 Å². The molecule has 0 aliphatic heterocycles. The van der Waals surface area contributed by atoms with Crippen LogP contribution < -0.4 is 5.56 Å². The molecule has 6 heteroatoms. The average molecular weight is 364 g/mol. The summed E-state index contributed by atoms with van der Waals surface area (Å²) >= 11 is 1.71. The molecule has 0 radical (unpaired) electrons. The van der Waals surface area contributed by atoms with Gasteiger partial charge >= 0.3 is 0 Å². The SMILES string of the molecule is Cc1cccc2nc(CN(C)[C@H](C)c3nc4ccccc4s3)cc(=O)n12.